The van der Waals surface area contributed by atoms with Gasteiger partial charge in [-0.15, -0.1) is 0 Å². The fourth-order valence-corrected chi connectivity index (χ4v) is 2.98. The van der Waals surface area contributed by atoms with E-state index in [-0.39, 0.29) is 24.2 Å². The first-order valence-corrected chi connectivity index (χ1v) is 8.94. The van der Waals surface area contributed by atoms with Crippen LogP contribution in [-0.4, -0.2) is 34.5 Å². The topological polar surface area (TPSA) is 105 Å². The Hall–Kier alpha value is -2.48. The highest BCUT2D eigenvalue weighted by atomic mass is 32.2. The molecule has 8 heteroatoms. The lowest BCUT2D eigenvalue weighted by Gasteiger charge is -2.26. The number of benzene rings is 1. The number of carbonyl (C=O) groups excluding carboxylic acids is 3. The zero-order valence-corrected chi connectivity index (χ0v) is 15.7. The first-order valence-electron chi connectivity index (χ1n) is 8.13. The van der Waals surface area contributed by atoms with Crippen molar-refractivity contribution >= 4 is 29.7 Å². The van der Waals surface area contributed by atoms with Crippen LogP contribution in [0.4, 0.5) is 4.79 Å². The second-order valence-electron chi connectivity index (χ2n) is 6.84. The molecule has 26 heavy (non-hydrogen) atoms. The average molecular weight is 378 g/mol. The number of ketones is 1. The van der Waals surface area contributed by atoms with Crippen LogP contribution >= 0.6 is 11.9 Å². The largest absolute Gasteiger partial charge is 0.511 e. The lowest BCUT2D eigenvalue weighted by Crippen LogP contribution is -2.43. The third-order valence-corrected chi connectivity index (χ3v) is 4.19. The van der Waals surface area contributed by atoms with Crippen molar-refractivity contribution in [2.75, 3.05) is 0 Å². The van der Waals surface area contributed by atoms with Gasteiger partial charge in [-0.3, -0.25) is 14.3 Å². The van der Waals surface area contributed by atoms with Crippen molar-refractivity contribution in [1.82, 2.24) is 10.0 Å². The number of nitrogens with one attached hydrogen (secondary N) is 2. The minimum atomic E-state index is -0.671. The molecule has 0 bridgehead atoms. The van der Waals surface area contributed by atoms with E-state index in [9.17, 15) is 19.5 Å². The predicted octanol–water partition coefficient (Wildman–Crippen LogP) is 2.88. The Morgan fingerprint density at radius 3 is 2.42 bits per heavy atom. The maximum absolute atomic E-state index is 12.3. The standard InChI is InChI=1S/C18H22N2O5S/c1-18(2,3)25-17(24)19-11-9-13(21)15(14(22)10-11)16(23)20-26-12-7-5-4-6-8-12/h4-8,11,21H,9-10H2,1-3H3,(H,19,24)(H,20,23). The predicted molar refractivity (Wildman–Crippen MR) is 97.5 cm³/mol. The average Bonchev–Trinajstić information content (AvgIpc) is 2.51. The van der Waals surface area contributed by atoms with Gasteiger partial charge < -0.3 is 15.2 Å². The summed E-state index contributed by atoms with van der Waals surface area (Å²) in [5.41, 5.74) is -0.934. The number of amides is 2. The zero-order chi connectivity index (χ0) is 19.3. The molecule has 2 amide bonds. The molecule has 0 heterocycles. The Labute approximate surface area is 156 Å². The molecule has 3 N–H and O–H groups in total. The minimum absolute atomic E-state index is 0.0102. The Balaban J connectivity index is 1.96. The van der Waals surface area contributed by atoms with Gasteiger partial charge in [0.15, 0.2) is 5.78 Å². The summed E-state index contributed by atoms with van der Waals surface area (Å²) in [5.74, 6) is -1.52. The van der Waals surface area contributed by atoms with Gasteiger partial charge in [-0.05, 0) is 44.9 Å². The number of hydrogen-bond donors (Lipinski definition) is 3. The molecule has 0 aliphatic heterocycles. The molecule has 0 radical (unpaired) electrons. The van der Waals surface area contributed by atoms with E-state index in [0.29, 0.717) is 0 Å². The molecule has 0 aromatic heterocycles. The van der Waals surface area contributed by atoms with E-state index in [4.69, 9.17) is 4.74 Å². The molecule has 0 spiro atoms. The summed E-state index contributed by atoms with van der Waals surface area (Å²) in [5, 5.41) is 12.7. The van der Waals surface area contributed by atoms with Crippen molar-refractivity contribution < 1.29 is 24.2 Å². The van der Waals surface area contributed by atoms with Gasteiger partial charge in [0.25, 0.3) is 5.91 Å². The molecule has 140 valence electrons. The molecule has 1 unspecified atom stereocenters. The number of ether oxygens (including phenoxy) is 1. The van der Waals surface area contributed by atoms with Crippen molar-refractivity contribution in [2.24, 2.45) is 0 Å². The molecule has 1 aromatic carbocycles. The number of Topliss-reactive ketones (excluding diaryl/α,β-unsaturated/α-hetero) is 1. The van der Waals surface area contributed by atoms with E-state index in [2.05, 4.69) is 10.0 Å². The van der Waals surface area contributed by atoms with Crippen LogP contribution in [-0.2, 0) is 14.3 Å². The summed E-state index contributed by atoms with van der Waals surface area (Å²) < 4.78 is 7.67. The molecule has 2 rings (SSSR count). The van der Waals surface area contributed by atoms with E-state index >= 15 is 0 Å². The second-order valence-corrected chi connectivity index (χ2v) is 7.72. The van der Waals surface area contributed by atoms with Gasteiger partial charge in [-0.1, -0.05) is 18.2 Å². The van der Waals surface area contributed by atoms with E-state index < -0.39 is 29.4 Å². The first kappa shape index (κ1) is 19.8. The van der Waals surface area contributed by atoms with Gasteiger partial charge in [0.2, 0.25) is 0 Å². The first-order chi connectivity index (χ1) is 12.2. The van der Waals surface area contributed by atoms with Crippen molar-refractivity contribution in [1.29, 1.82) is 0 Å². The van der Waals surface area contributed by atoms with Crippen LogP contribution in [0.3, 0.4) is 0 Å². The Morgan fingerprint density at radius 2 is 1.85 bits per heavy atom. The third-order valence-electron chi connectivity index (χ3n) is 3.39. The maximum atomic E-state index is 12.3. The molecule has 1 aromatic rings. The van der Waals surface area contributed by atoms with E-state index in [0.717, 1.165) is 16.8 Å². The quantitative estimate of drug-likeness (QED) is 0.550. The summed E-state index contributed by atoms with van der Waals surface area (Å²) in [7, 11) is 0. The van der Waals surface area contributed by atoms with Gasteiger partial charge in [-0.25, -0.2) is 4.79 Å². The summed E-state index contributed by atoms with van der Waals surface area (Å²) >= 11 is 1.06. The second kappa shape index (κ2) is 8.27. The van der Waals surface area contributed by atoms with Gasteiger partial charge in [0.05, 0.1) is 0 Å². The molecule has 0 saturated carbocycles. The number of aliphatic hydroxyl groups excluding tert-OH is 1. The van der Waals surface area contributed by atoms with Gasteiger partial charge in [0, 0.05) is 23.8 Å². The Kier molecular flexibility index (Phi) is 6.31. The normalized spacial score (nSPS) is 17.7. The van der Waals surface area contributed by atoms with Crippen molar-refractivity contribution in [3.05, 3.63) is 41.7 Å². The highest BCUT2D eigenvalue weighted by Gasteiger charge is 2.33. The van der Waals surface area contributed by atoms with E-state index in [1.807, 2.05) is 30.3 Å². The molecular formula is C18H22N2O5S. The SMILES string of the molecule is CC(C)(C)OC(=O)NC1CC(=O)C(C(=O)NSc2ccccc2)=C(O)C1. The summed E-state index contributed by atoms with van der Waals surface area (Å²) in [6.07, 6.45) is -0.762. The lowest BCUT2D eigenvalue weighted by molar-refractivity contribution is -0.122. The number of hydrogen-bond acceptors (Lipinski definition) is 6. The third kappa shape index (κ3) is 5.80. The lowest BCUT2D eigenvalue weighted by atomic mass is 9.92. The summed E-state index contributed by atoms with van der Waals surface area (Å²) in [6.45, 7) is 5.18. The molecular weight excluding hydrogens is 356 g/mol. The smallest absolute Gasteiger partial charge is 0.407 e. The van der Waals surface area contributed by atoms with Crippen LogP contribution in [0.25, 0.3) is 0 Å². The van der Waals surface area contributed by atoms with Crippen LogP contribution in [0.2, 0.25) is 0 Å². The molecule has 7 nitrogen and oxygen atoms in total. The van der Waals surface area contributed by atoms with Crippen molar-refractivity contribution in [3.8, 4) is 0 Å². The monoisotopic (exact) mass is 378 g/mol. The van der Waals surface area contributed by atoms with Crippen LogP contribution in [0.15, 0.2) is 46.6 Å². The number of alkyl carbamates (subject to hydrolysis) is 1. The highest BCUT2D eigenvalue weighted by molar-refractivity contribution is 7.98. The Bertz CT molecular complexity index is 725. The fourth-order valence-electron chi connectivity index (χ4n) is 2.37. The summed E-state index contributed by atoms with van der Waals surface area (Å²) in [6, 6.07) is 8.50. The number of aliphatic hydroxyl groups is 1. The van der Waals surface area contributed by atoms with Crippen LogP contribution in [0.5, 0.6) is 0 Å². The molecule has 1 aliphatic carbocycles. The van der Waals surface area contributed by atoms with E-state index in [1.54, 1.807) is 20.8 Å². The number of carbonyl (C=O) groups is 3. The van der Waals surface area contributed by atoms with Crippen LogP contribution in [0, 0.1) is 0 Å². The number of rotatable bonds is 4. The van der Waals surface area contributed by atoms with Crippen LogP contribution < -0.4 is 10.0 Å². The molecule has 1 atom stereocenters. The van der Waals surface area contributed by atoms with Gasteiger partial charge >= 0.3 is 6.09 Å². The molecule has 0 fully saturated rings. The van der Waals surface area contributed by atoms with Crippen molar-refractivity contribution in [3.63, 3.8) is 0 Å². The zero-order valence-electron chi connectivity index (χ0n) is 14.9. The fraction of sp³-hybridized carbons (Fsp3) is 0.389. The van der Waals surface area contributed by atoms with Crippen molar-refractivity contribution in [2.45, 2.75) is 50.2 Å². The maximum Gasteiger partial charge on any atom is 0.407 e. The summed E-state index contributed by atoms with van der Waals surface area (Å²) in [4.78, 5) is 37.1. The molecule has 1 aliphatic rings. The minimum Gasteiger partial charge on any atom is -0.511 e. The Morgan fingerprint density at radius 1 is 1.19 bits per heavy atom. The highest BCUT2D eigenvalue weighted by Crippen LogP contribution is 2.23. The molecule has 0 saturated heterocycles. The van der Waals surface area contributed by atoms with E-state index in [1.165, 1.54) is 0 Å². The van der Waals surface area contributed by atoms with Crippen LogP contribution in [0.1, 0.15) is 33.6 Å². The van der Waals surface area contributed by atoms with Gasteiger partial charge in [0.1, 0.15) is 16.9 Å². The van der Waals surface area contributed by atoms with Gasteiger partial charge in [-0.2, -0.15) is 0 Å².